The Balaban J connectivity index is 2.04. The topological polar surface area (TPSA) is 87.0 Å². The van der Waals surface area contributed by atoms with Gasteiger partial charge in [-0.3, -0.25) is 0 Å². The summed E-state index contributed by atoms with van der Waals surface area (Å²) in [6.45, 7) is 6.97. The molecule has 2 rings (SSSR count). The first-order valence-electron chi connectivity index (χ1n) is 6.46. The Morgan fingerprint density at radius 2 is 1.75 bits per heavy atom. The summed E-state index contributed by atoms with van der Waals surface area (Å²) in [5.41, 5.74) is 13.6. The molecule has 0 amide bonds. The van der Waals surface area contributed by atoms with Crippen LogP contribution in [0.4, 0.5) is 11.8 Å². The fraction of sp³-hybridized carbons (Fsp3) is 0.333. The second kappa shape index (κ2) is 5.36. The highest BCUT2D eigenvalue weighted by Gasteiger charge is 2.13. The van der Waals surface area contributed by atoms with E-state index in [2.05, 4.69) is 55.0 Å². The Labute approximate surface area is 119 Å². The number of nitrogens with zero attached hydrogens (tertiary/aromatic N) is 2. The van der Waals surface area contributed by atoms with Crippen LogP contribution in [0.25, 0.3) is 0 Å². The molecule has 106 valence electrons. The summed E-state index contributed by atoms with van der Waals surface area (Å²) in [6, 6.07) is 8.33. The van der Waals surface area contributed by atoms with E-state index in [1.54, 1.807) is 0 Å². The van der Waals surface area contributed by atoms with Gasteiger partial charge in [-0.2, -0.15) is 4.98 Å². The van der Waals surface area contributed by atoms with Crippen LogP contribution in [0.3, 0.4) is 0 Å². The van der Waals surface area contributed by atoms with E-state index in [9.17, 15) is 0 Å². The second-order valence-corrected chi connectivity index (χ2v) is 5.71. The van der Waals surface area contributed by atoms with E-state index in [0.29, 0.717) is 12.4 Å². The standard InChI is InChI=1S/C15H20N4O/c1-15(2,3)11-6-4-10(5-7-11)9-20-12-8-18-14(17)19-13(12)16/h4-8H,9H2,1-3H3,(H4,16,17,18,19). The lowest BCUT2D eigenvalue weighted by Gasteiger charge is -2.19. The Bertz CT molecular complexity index is 588. The average molecular weight is 272 g/mol. The van der Waals surface area contributed by atoms with E-state index in [1.165, 1.54) is 11.8 Å². The highest BCUT2D eigenvalue weighted by Crippen LogP contribution is 2.23. The number of ether oxygens (including phenoxy) is 1. The van der Waals surface area contributed by atoms with Gasteiger partial charge in [0.25, 0.3) is 0 Å². The van der Waals surface area contributed by atoms with E-state index >= 15 is 0 Å². The van der Waals surface area contributed by atoms with Crippen molar-refractivity contribution in [3.8, 4) is 5.75 Å². The van der Waals surface area contributed by atoms with Crippen LogP contribution in [0.5, 0.6) is 5.75 Å². The van der Waals surface area contributed by atoms with Crippen molar-refractivity contribution >= 4 is 11.8 Å². The van der Waals surface area contributed by atoms with Crippen LogP contribution >= 0.6 is 0 Å². The van der Waals surface area contributed by atoms with Gasteiger partial charge in [0.05, 0.1) is 6.20 Å². The zero-order chi connectivity index (χ0) is 14.8. The number of nitrogen functional groups attached to an aromatic ring is 2. The molecular formula is C15H20N4O. The molecule has 2 aromatic rings. The largest absolute Gasteiger partial charge is 0.483 e. The van der Waals surface area contributed by atoms with Gasteiger partial charge in [-0.1, -0.05) is 45.0 Å². The van der Waals surface area contributed by atoms with Crippen molar-refractivity contribution in [2.24, 2.45) is 0 Å². The molecule has 0 saturated carbocycles. The van der Waals surface area contributed by atoms with Gasteiger partial charge in [0.2, 0.25) is 5.95 Å². The van der Waals surface area contributed by atoms with Gasteiger partial charge >= 0.3 is 0 Å². The molecule has 1 aromatic carbocycles. The maximum atomic E-state index is 5.71. The molecule has 0 atom stereocenters. The molecule has 0 bridgehead atoms. The van der Waals surface area contributed by atoms with Crippen LogP contribution in [0.1, 0.15) is 31.9 Å². The summed E-state index contributed by atoms with van der Waals surface area (Å²) in [4.78, 5) is 7.71. The monoisotopic (exact) mass is 272 g/mol. The van der Waals surface area contributed by atoms with Gasteiger partial charge in [0.1, 0.15) is 6.61 Å². The summed E-state index contributed by atoms with van der Waals surface area (Å²) < 4.78 is 5.60. The van der Waals surface area contributed by atoms with Gasteiger partial charge in [0, 0.05) is 0 Å². The number of hydrogen-bond donors (Lipinski definition) is 2. The third-order valence-corrected chi connectivity index (χ3v) is 3.02. The number of aromatic nitrogens is 2. The average Bonchev–Trinajstić information content (AvgIpc) is 2.37. The van der Waals surface area contributed by atoms with Gasteiger partial charge in [-0.05, 0) is 16.5 Å². The minimum absolute atomic E-state index is 0.143. The van der Waals surface area contributed by atoms with Crippen LogP contribution in [0, 0.1) is 0 Å². The van der Waals surface area contributed by atoms with E-state index < -0.39 is 0 Å². The van der Waals surface area contributed by atoms with E-state index in [4.69, 9.17) is 16.2 Å². The molecule has 5 nitrogen and oxygen atoms in total. The maximum Gasteiger partial charge on any atom is 0.222 e. The van der Waals surface area contributed by atoms with Gasteiger partial charge in [0.15, 0.2) is 11.6 Å². The van der Waals surface area contributed by atoms with Gasteiger partial charge in [-0.25, -0.2) is 4.98 Å². The minimum atomic E-state index is 0.143. The smallest absolute Gasteiger partial charge is 0.222 e. The Morgan fingerprint density at radius 3 is 2.30 bits per heavy atom. The van der Waals surface area contributed by atoms with Crippen molar-refractivity contribution in [1.82, 2.24) is 9.97 Å². The van der Waals surface area contributed by atoms with Crippen molar-refractivity contribution in [2.75, 3.05) is 11.5 Å². The van der Waals surface area contributed by atoms with Gasteiger partial charge < -0.3 is 16.2 Å². The zero-order valence-corrected chi connectivity index (χ0v) is 12.1. The highest BCUT2D eigenvalue weighted by atomic mass is 16.5. The van der Waals surface area contributed by atoms with Crippen LogP contribution < -0.4 is 16.2 Å². The lowest BCUT2D eigenvalue weighted by Crippen LogP contribution is -2.11. The number of nitrogens with two attached hydrogens (primary N) is 2. The van der Waals surface area contributed by atoms with Crippen molar-refractivity contribution in [2.45, 2.75) is 32.8 Å². The van der Waals surface area contributed by atoms with Crippen LogP contribution in [-0.4, -0.2) is 9.97 Å². The fourth-order valence-corrected chi connectivity index (χ4v) is 1.77. The van der Waals surface area contributed by atoms with Crippen molar-refractivity contribution in [3.63, 3.8) is 0 Å². The third kappa shape index (κ3) is 3.38. The quantitative estimate of drug-likeness (QED) is 0.896. The van der Waals surface area contributed by atoms with Crippen molar-refractivity contribution in [1.29, 1.82) is 0 Å². The first-order chi connectivity index (χ1) is 9.36. The molecule has 0 aliphatic heterocycles. The van der Waals surface area contributed by atoms with Gasteiger partial charge in [-0.15, -0.1) is 0 Å². The predicted octanol–water partition coefficient (Wildman–Crippen LogP) is 2.52. The summed E-state index contributed by atoms with van der Waals surface area (Å²) in [7, 11) is 0. The van der Waals surface area contributed by atoms with Crippen molar-refractivity contribution < 1.29 is 4.74 Å². The van der Waals surface area contributed by atoms with Crippen LogP contribution in [0.2, 0.25) is 0 Å². The molecule has 0 aliphatic carbocycles. The molecule has 1 aromatic heterocycles. The normalized spacial score (nSPS) is 11.3. The Kier molecular flexibility index (Phi) is 3.79. The lowest BCUT2D eigenvalue weighted by atomic mass is 9.87. The summed E-state index contributed by atoms with van der Waals surface area (Å²) in [6.07, 6.45) is 1.49. The number of rotatable bonds is 3. The molecule has 0 saturated heterocycles. The molecule has 1 heterocycles. The first-order valence-corrected chi connectivity index (χ1v) is 6.46. The Hall–Kier alpha value is -2.30. The molecule has 0 aliphatic rings. The summed E-state index contributed by atoms with van der Waals surface area (Å²) in [5, 5.41) is 0. The van der Waals surface area contributed by atoms with E-state index in [-0.39, 0.29) is 17.2 Å². The molecule has 0 fully saturated rings. The van der Waals surface area contributed by atoms with Crippen molar-refractivity contribution in [3.05, 3.63) is 41.6 Å². The third-order valence-electron chi connectivity index (χ3n) is 3.02. The van der Waals surface area contributed by atoms with Crippen LogP contribution in [0.15, 0.2) is 30.5 Å². The van der Waals surface area contributed by atoms with E-state index in [1.807, 2.05) is 0 Å². The highest BCUT2D eigenvalue weighted by molar-refractivity contribution is 5.46. The SMILES string of the molecule is CC(C)(C)c1ccc(COc2cnc(N)nc2N)cc1. The number of anilines is 2. The molecular weight excluding hydrogens is 252 g/mol. The molecule has 20 heavy (non-hydrogen) atoms. The second-order valence-electron chi connectivity index (χ2n) is 5.71. The summed E-state index contributed by atoms with van der Waals surface area (Å²) in [5.74, 6) is 0.840. The molecule has 5 heteroatoms. The number of benzene rings is 1. The predicted molar refractivity (Wildman–Crippen MR) is 80.3 cm³/mol. The Morgan fingerprint density at radius 1 is 1.10 bits per heavy atom. The maximum absolute atomic E-state index is 5.71. The molecule has 0 radical (unpaired) electrons. The number of hydrogen-bond acceptors (Lipinski definition) is 5. The minimum Gasteiger partial charge on any atom is -0.483 e. The molecule has 4 N–H and O–H groups in total. The molecule has 0 unspecified atom stereocenters. The fourth-order valence-electron chi connectivity index (χ4n) is 1.77. The van der Waals surface area contributed by atoms with E-state index in [0.717, 1.165) is 5.56 Å². The molecule has 0 spiro atoms. The first kappa shape index (κ1) is 14.1. The van der Waals surface area contributed by atoms with Crippen LogP contribution in [-0.2, 0) is 12.0 Å². The summed E-state index contributed by atoms with van der Waals surface area (Å²) >= 11 is 0. The zero-order valence-electron chi connectivity index (χ0n) is 12.1. The lowest BCUT2D eigenvalue weighted by molar-refractivity contribution is 0.305.